The monoisotopic (exact) mass is 186 g/mol. The molecule has 0 aliphatic rings. The van der Waals surface area contributed by atoms with Gasteiger partial charge in [0, 0.05) is 11.6 Å². The Kier molecular flexibility index (Phi) is 2.19. The van der Waals surface area contributed by atoms with Gasteiger partial charge in [-0.2, -0.15) is 0 Å². The minimum atomic E-state index is -0.317. The Hall–Kier alpha value is -1.83. The van der Waals surface area contributed by atoms with Gasteiger partial charge in [-0.15, -0.1) is 0 Å². The summed E-state index contributed by atoms with van der Waals surface area (Å²) in [4.78, 5) is 11.0. The van der Waals surface area contributed by atoms with Crippen LogP contribution in [0.5, 0.6) is 0 Å². The Balaban J connectivity index is 2.50. The molecule has 0 aliphatic heterocycles. The second-order valence-electron chi connectivity index (χ2n) is 3.18. The highest BCUT2D eigenvalue weighted by Crippen LogP contribution is 2.17. The Morgan fingerprint density at radius 3 is 2.36 bits per heavy atom. The molecule has 2 nitrogen and oxygen atoms in total. The average Bonchev–Trinajstić information content (AvgIpc) is 2.19. The minimum absolute atomic E-state index is 0.317. The Morgan fingerprint density at radius 2 is 1.71 bits per heavy atom. The lowest BCUT2D eigenvalue weighted by Gasteiger charge is -1.99. The molecule has 0 atom stereocenters. The number of aryl methyl sites for hydroxylation is 1. The zero-order valence-corrected chi connectivity index (χ0v) is 7.86. The van der Waals surface area contributed by atoms with Gasteiger partial charge >= 0.3 is 5.63 Å². The standard InChI is InChI=1S/C12H10O2/c1-9-5-7-10(8-6-9)11-3-2-4-12(13)14-11/h2-8H,1H3. The fourth-order valence-electron chi connectivity index (χ4n) is 1.26. The van der Waals surface area contributed by atoms with E-state index in [1.165, 1.54) is 11.6 Å². The quantitative estimate of drug-likeness (QED) is 0.685. The topological polar surface area (TPSA) is 30.2 Å². The van der Waals surface area contributed by atoms with Crippen molar-refractivity contribution in [2.45, 2.75) is 6.92 Å². The highest BCUT2D eigenvalue weighted by atomic mass is 16.4. The van der Waals surface area contributed by atoms with Crippen molar-refractivity contribution >= 4 is 0 Å². The molecule has 2 rings (SSSR count). The Bertz CT molecular complexity index is 480. The molecule has 0 aliphatic carbocycles. The van der Waals surface area contributed by atoms with Crippen molar-refractivity contribution in [2.75, 3.05) is 0 Å². The van der Waals surface area contributed by atoms with Crippen LogP contribution in [0.1, 0.15) is 5.56 Å². The van der Waals surface area contributed by atoms with Crippen molar-refractivity contribution in [3.63, 3.8) is 0 Å². The van der Waals surface area contributed by atoms with Gasteiger partial charge in [-0.1, -0.05) is 35.9 Å². The van der Waals surface area contributed by atoms with Gasteiger partial charge in [0.1, 0.15) is 5.76 Å². The second kappa shape index (κ2) is 3.50. The number of hydrogen-bond donors (Lipinski definition) is 0. The molecule has 0 saturated carbocycles. The molecular formula is C12H10O2. The highest BCUT2D eigenvalue weighted by Gasteiger charge is 1.98. The average molecular weight is 186 g/mol. The SMILES string of the molecule is Cc1ccc(-c2cccc(=O)o2)cc1. The smallest absolute Gasteiger partial charge is 0.336 e. The molecule has 0 radical (unpaired) electrons. The zero-order chi connectivity index (χ0) is 9.97. The first-order valence-electron chi connectivity index (χ1n) is 4.43. The lowest BCUT2D eigenvalue weighted by atomic mass is 10.1. The van der Waals surface area contributed by atoms with Crippen LogP contribution < -0.4 is 5.63 Å². The lowest BCUT2D eigenvalue weighted by Crippen LogP contribution is -1.94. The van der Waals surface area contributed by atoms with Crippen LogP contribution in [0.4, 0.5) is 0 Å². The van der Waals surface area contributed by atoms with E-state index in [1.807, 2.05) is 31.2 Å². The molecule has 1 aromatic heterocycles. The Labute approximate surface area is 81.8 Å². The molecule has 1 aromatic carbocycles. The molecule has 0 saturated heterocycles. The number of benzene rings is 1. The molecule has 0 N–H and O–H groups in total. The third kappa shape index (κ3) is 1.74. The molecule has 2 aromatic rings. The molecular weight excluding hydrogens is 176 g/mol. The van der Waals surface area contributed by atoms with Gasteiger partial charge in [0.05, 0.1) is 0 Å². The van der Waals surface area contributed by atoms with Crippen LogP contribution in [0, 0.1) is 6.92 Å². The van der Waals surface area contributed by atoms with Crippen LogP contribution in [0.25, 0.3) is 11.3 Å². The van der Waals surface area contributed by atoms with E-state index in [0.29, 0.717) is 5.76 Å². The van der Waals surface area contributed by atoms with Gasteiger partial charge < -0.3 is 4.42 Å². The van der Waals surface area contributed by atoms with E-state index in [0.717, 1.165) is 5.56 Å². The predicted octanol–water partition coefficient (Wildman–Crippen LogP) is 2.62. The van der Waals surface area contributed by atoms with Crippen molar-refractivity contribution in [2.24, 2.45) is 0 Å². The highest BCUT2D eigenvalue weighted by molar-refractivity contribution is 5.56. The van der Waals surface area contributed by atoms with Crippen LogP contribution in [-0.4, -0.2) is 0 Å². The predicted molar refractivity (Wildman–Crippen MR) is 55.2 cm³/mol. The molecule has 0 amide bonds. The normalized spacial score (nSPS) is 10.1. The van der Waals surface area contributed by atoms with E-state index >= 15 is 0 Å². The van der Waals surface area contributed by atoms with E-state index in [1.54, 1.807) is 12.1 Å². The summed E-state index contributed by atoms with van der Waals surface area (Å²) in [5, 5.41) is 0. The first-order valence-corrected chi connectivity index (χ1v) is 4.43. The summed E-state index contributed by atoms with van der Waals surface area (Å²) in [5.41, 5.74) is 1.79. The summed E-state index contributed by atoms with van der Waals surface area (Å²) < 4.78 is 5.05. The van der Waals surface area contributed by atoms with Gasteiger partial charge in [-0.3, -0.25) is 0 Å². The van der Waals surface area contributed by atoms with Crippen molar-refractivity contribution < 1.29 is 4.42 Å². The van der Waals surface area contributed by atoms with Gasteiger partial charge in [0.15, 0.2) is 0 Å². The van der Waals surface area contributed by atoms with Crippen molar-refractivity contribution in [3.8, 4) is 11.3 Å². The lowest BCUT2D eigenvalue weighted by molar-refractivity contribution is 0.526. The molecule has 2 heteroatoms. The fourth-order valence-corrected chi connectivity index (χ4v) is 1.26. The summed E-state index contributed by atoms with van der Waals surface area (Å²) in [6.07, 6.45) is 0. The molecule has 0 fully saturated rings. The van der Waals surface area contributed by atoms with Crippen LogP contribution in [0.3, 0.4) is 0 Å². The van der Waals surface area contributed by atoms with Crippen LogP contribution in [-0.2, 0) is 0 Å². The van der Waals surface area contributed by atoms with Crippen molar-refractivity contribution in [1.82, 2.24) is 0 Å². The maximum Gasteiger partial charge on any atom is 0.336 e. The van der Waals surface area contributed by atoms with Gasteiger partial charge in [0.25, 0.3) is 0 Å². The Morgan fingerprint density at radius 1 is 1.00 bits per heavy atom. The van der Waals surface area contributed by atoms with Gasteiger partial charge in [-0.05, 0) is 13.0 Å². The summed E-state index contributed by atoms with van der Waals surface area (Å²) in [5.74, 6) is 0.609. The first kappa shape index (κ1) is 8.75. The van der Waals surface area contributed by atoms with Crippen LogP contribution in [0.15, 0.2) is 51.7 Å². The van der Waals surface area contributed by atoms with E-state index in [2.05, 4.69) is 0 Å². The fraction of sp³-hybridized carbons (Fsp3) is 0.0833. The summed E-state index contributed by atoms with van der Waals surface area (Å²) in [6.45, 7) is 2.02. The molecule has 0 bridgehead atoms. The van der Waals surface area contributed by atoms with Gasteiger partial charge in [0.2, 0.25) is 0 Å². The maximum atomic E-state index is 11.0. The molecule has 14 heavy (non-hydrogen) atoms. The minimum Gasteiger partial charge on any atom is -0.423 e. The van der Waals surface area contributed by atoms with Crippen LogP contribution in [0.2, 0.25) is 0 Å². The van der Waals surface area contributed by atoms with Crippen molar-refractivity contribution in [1.29, 1.82) is 0 Å². The maximum absolute atomic E-state index is 11.0. The first-order chi connectivity index (χ1) is 6.75. The van der Waals surface area contributed by atoms with E-state index < -0.39 is 0 Å². The number of hydrogen-bond acceptors (Lipinski definition) is 2. The molecule has 0 unspecified atom stereocenters. The summed E-state index contributed by atoms with van der Waals surface area (Å²) in [6, 6.07) is 12.7. The van der Waals surface area contributed by atoms with Crippen LogP contribution >= 0.6 is 0 Å². The molecule has 70 valence electrons. The number of rotatable bonds is 1. The summed E-state index contributed by atoms with van der Waals surface area (Å²) >= 11 is 0. The molecule has 1 heterocycles. The van der Waals surface area contributed by atoms with E-state index in [9.17, 15) is 4.79 Å². The van der Waals surface area contributed by atoms with Gasteiger partial charge in [-0.25, -0.2) is 4.79 Å². The third-order valence-electron chi connectivity index (χ3n) is 2.03. The van der Waals surface area contributed by atoms with E-state index in [4.69, 9.17) is 4.42 Å². The van der Waals surface area contributed by atoms with E-state index in [-0.39, 0.29) is 5.63 Å². The third-order valence-corrected chi connectivity index (χ3v) is 2.03. The van der Waals surface area contributed by atoms with Crippen molar-refractivity contribution in [3.05, 3.63) is 58.4 Å². The molecule has 0 spiro atoms. The summed E-state index contributed by atoms with van der Waals surface area (Å²) in [7, 11) is 0. The second-order valence-corrected chi connectivity index (χ2v) is 3.18. The zero-order valence-electron chi connectivity index (χ0n) is 7.86. The largest absolute Gasteiger partial charge is 0.423 e.